The Morgan fingerprint density at radius 2 is 2.20 bits per heavy atom. The van der Waals surface area contributed by atoms with Crippen molar-refractivity contribution in [1.29, 1.82) is 0 Å². The van der Waals surface area contributed by atoms with E-state index in [1.165, 1.54) is 0 Å². The van der Waals surface area contributed by atoms with Gasteiger partial charge in [0.25, 0.3) is 5.69 Å². The van der Waals surface area contributed by atoms with E-state index < -0.39 is 0 Å². The number of nitrogens with one attached hydrogen (secondary N) is 1. The molecule has 82 valence electrons. The zero-order valence-corrected chi connectivity index (χ0v) is 9.28. The molecule has 0 aliphatic carbocycles. The molecule has 1 aromatic rings. The first-order valence-corrected chi connectivity index (χ1v) is 5.06. The Labute approximate surface area is 89.5 Å². The quantitative estimate of drug-likeness (QED) is 0.611. The summed E-state index contributed by atoms with van der Waals surface area (Å²) in [6, 6.07) is 5.47. The minimum absolute atomic E-state index is 0.148. The summed E-state index contributed by atoms with van der Waals surface area (Å²) < 4.78 is 0. The second-order valence-electron chi connectivity index (χ2n) is 3.73. The van der Waals surface area contributed by atoms with Crippen molar-refractivity contribution in [2.24, 2.45) is 0 Å². The summed E-state index contributed by atoms with van der Waals surface area (Å²) in [4.78, 5) is 10.5. The van der Waals surface area contributed by atoms with Gasteiger partial charge in [-0.1, -0.05) is 13.0 Å². The van der Waals surface area contributed by atoms with E-state index in [4.69, 9.17) is 0 Å². The molecule has 0 heterocycles. The molecule has 0 bridgehead atoms. The molecule has 4 heteroatoms. The number of hydrogen-bond acceptors (Lipinski definition) is 3. The van der Waals surface area contributed by atoms with Crippen LogP contribution in [-0.2, 0) is 0 Å². The van der Waals surface area contributed by atoms with Gasteiger partial charge in [-0.2, -0.15) is 0 Å². The molecule has 0 spiro atoms. The Morgan fingerprint density at radius 1 is 1.53 bits per heavy atom. The molecular formula is C11H16N2O2. The predicted octanol–water partition coefficient (Wildman–Crippen LogP) is 3.11. The Hall–Kier alpha value is -1.58. The molecule has 0 saturated heterocycles. The number of nitrogens with zero attached hydrogens (tertiary/aromatic N) is 1. The third-order valence-electron chi connectivity index (χ3n) is 2.36. The molecule has 0 saturated carbocycles. The zero-order chi connectivity index (χ0) is 11.4. The summed E-state index contributed by atoms with van der Waals surface area (Å²) in [7, 11) is 0. The summed E-state index contributed by atoms with van der Waals surface area (Å²) in [5.74, 6) is 0. The van der Waals surface area contributed by atoms with Gasteiger partial charge in [0, 0.05) is 12.1 Å². The Bertz CT molecular complexity index is 364. The van der Waals surface area contributed by atoms with Gasteiger partial charge in [0.2, 0.25) is 0 Å². The van der Waals surface area contributed by atoms with E-state index in [9.17, 15) is 10.1 Å². The molecule has 0 fully saturated rings. The van der Waals surface area contributed by atoms with E-state index in [1.54, 1.807) is 12.1 Å². The zero-order valence-electron chi connectivity index (χ0n) is 9.28. The summed E-state index contributed by atoms with van der Waals surface area (Å²) in [6.45, 7) is 5.89. The van der Waals surface area contributed by atoms with Crippen LogP contribution in [0.15, 0.2) is 18.2 Å². The molecule has 1 aromatic carbocycles. The molecular weight excluding hydrogens is 192 g/mol. The van der Waals surface area contributed by atoms with Crippen molar-refractivity contribution in [1.82, 2.24) is 0 Å². The topological polar surface area (TPSA) is 55.2 Å². The third-order valence-corrected chi connectivity index (χ3v) is 2.36. The lowest BCUT2D eigenvalue weighted by atomic mass is 10.1. The van der Waals surface area contributed by atoms with Crippen LogP contribution in [0.4, 0.5) is 11.4 Å². The predicted molar refractivity (Wildman–Crippen MR) is 61.2 cm³/mol. The minimum Gasteiger partial charge on any atom is -0.377 e. The first-order chi connectivity index (χ1) is 7.04. The molecule has 0 aliphatic heterocycles. The highest BCUT2D eigenvalue weighted by molar-refractivity contribution is 5.62. The Morgan fingerprint density at radius 3 is 2.73 bits per heavy atom. The second-order valence-corrected chi connectivity index (χ2v) is 3.73. The summed E-state index contributed by atoms with van der Waals surface area (Å²) in [5, 5.41) is 13.9. The molecule has 4 nitrogen and oxygen atoms in total. The van der Waals surface area contributed by atoms with Crippen molar-refractivity contribution in [2.45, 2.75) is 33.2 Å². The van der Waals surface area contributed by atoms with Crippen molar-refractivity contribution in [2.75, 3.05) is 5.32 Å². The van der Waals surface area contributed by atoms with Gasteiger partial charge in [0.1, 0.15) is 5.69 Å². The fourth-order valence-corrected chi connectivity index (χ4v) is 1.28. The van der Waals surface area contributed by atoms with Gasteiger partial charge in [-0.25, -0.2) is 0 Å². The van der Waals surface area contributed by atoms with E-state index >= 15 is 0 Å². The summed E-state index contributed by atoms with van der Waals surface area (Å²) >= 11 is 0. The summed E-state index contributed by atoms with van der Waals surface area (Å²) in [5.41, 5.74) is 1.65. The molecule has 1 N–H and O–H groups in total. The number of nitro groups is 1. The first kappa shape index (κ1) is 11.5. The van der Waals surface area contributed by atoms with E-state index in [-0.39, 0.29) is 16.7 Å². The molecule has 0 amide bonds. The molecule has 1 atom stereocenters. The smallest absolute Gasteiger partial charge is 0.292 e. The molecule has 1 rings (SSSR count). The standard InChI is InChI=1S/C11H16N2O2/c1-4-9(3)12-10-6-5-8(2)7-11(10)13(14)15/h5-7,9,12H,4H2,1-3H3/t9-/m0/s1. The van der Waals surface area contributed by atoms with Crippen LogP contribution < -0.4 is 5.32 Å². The Balaban J connectivity index is 3.01. The van der Waals surface area contributed by atoms with Crippen molar-refractivity contribution < 1.29 is 4.92 Å². The van der Waals surface area contributed by atoms with Crippen LogP contribution in [0.5, 0.6) is 0 Å². The van der Waals surface area contributed by atoms with E-state index in [1.807, 2.05) is 26.8 Å². The average Bonchev–Trinajstić information content (AvgIpc) is 2.20. The van der Waals surface area contributed by atoms with E-state index in [0.29, 0.717) is 5.69 Å². The molecule has 0 aromatic heterocycles. The van der Waals surface area contributed by atoms with Crippen LogP contribution in [0, 0.1) is 17.0 Å². The lowest BCUT2D eigenvalue weighted by molar-refractivity contribution is -0.384. The van der Waals surface area contributed by atoms with Crippen LogP contribution >= 0.6 is 0 Å². The van der Waals surface area contributed by atoms with Crippen LogP contribution in [0.25, 0.3) is 0 Å². The van der Waals surface area contributed by atoms with Gasteiger partial charge in [-0.05, 0) is 31.9 Å². The fourth-order valence-electron chi connectivity index (χ4n) is 1.28. The maximum atomic E-state index is 10.8. The van der Waals surface area contributed by atoms with E-state index in [0.717, 1.165) is 12.0 Å². The fraction of sp³-hybridized carbons (Fsp3) is 0.455. The lowest BCUT2D eigenvalue weighted by Gasteiger charge is -2.13. The van der Waals surface area contributed by atoms with Crippen LogP contribution in [0.1, 0.15) is 25.8 Å². The highest BCUT2D eigenvalue weighted by Gasteiger charge is 2.14. The third kappa shape index (κ3) is 2.94. The number of aryl methyl sites for hydroxylation is 1. The first-order valence-electron chi connectivity index (χ1n) is 5.06. The maximum absolute atomic E-state index is 10.8. The van der Waals surface area contributed by atoms with Gasteiger partial charge in [0.15, 0.2) is 0 Å². The van der Waals surface area contributed by atoms with Gasteiger partial charge in [-0.3, -0.25) is 10.1 Å². The number of nitro benzene ring substituents is 1. The van der Waals surface area contributed by atoms with Gasteiger partial charge < -0.3 is 5.32 Å². The number of anilines is 1. The number of hydrogen-bond donors (Lipinski definition) is 1. The normalized spacial score (nSPS) is 12.2. The molecule has 0 radical (unpaired) electrons. The average molecular weight is 208 g/mol. The van der Waals surface area contributed by atoms with Gasteiger partial charge in [-0.15, -0.1) is 0 Å². The lowest BCUT2D eigenvalue weighted by Crippen LogP contribution is -2.14. The van der Waals surface area contributed by atoms with Crippen LogP contribution in [0.3, 0.4) is 0 Å². The molecule has 0 unspecified atom stereocenters. The highest BCUT2D eigenvalue weighted by atomic mass is 16.6. The SMILES string of the molecule is CC[C@H](C)Nc1ccc(C)cc1[N+](=O)[O-]. The molecule has 15 heavy (non-hydrogen) atoms. The molecule has 0 aliphatic rings. The Kier molecular flexibility index (Phi) is 3.66. The second kappa shape index (κ2) is 4.77. The monoisotopic (exact) mass is 208 g/mol. The van der Waals surface area contributed by atoms with Gasteiger partial charge in [0.05, 0.1) is 4.92 Å². The number of rotatable bonds is 4. The van der Waals surface area contributed by atoms with Crippen molar-refractivity contribution in [3.8, 4) is 0 Å². The van der Waals surface area contributed by atoms with Crippen molar-refractivity contribution >= 4 is 11.4 Å². The number of benzene rings is 1. The summed E-state index contributed by atoms with van der Waals surface area (Å²) in [6.07, 6.45) is 0.936. The largest absolute Gasteiger partial charge is 0.377 e. The highest BCUT2D eigenvalue weighted by Crippen LogP contribution is 2.26. The van der Waals surface area contributed by atoms with Crippen molar-refractivity contribution in [3.63, 3.8) is 0 Å². The van der Waals surface area contributed by atoms with Crippen LogP contribution in [-0.4, -0.2) is 11.0 Å². The minimum atomic E-state index is -0.349. The maximum Gasteiger partial charge on any atom is 0.292 e. The van der Waals surface area contributed by atoms with E-state index in [2.05, 4.69) is 5.32 Å². The van der Waals surface area contributed by atoms with Crippen LogP contribution in [0.2, 0.25) is 0 Å². The van der Waals surface area contributed by atoms with Gasteiger partial charge >= 0.3 is 0 Å². The van der Waals surface area contributed by atoms with Crippen molar-refractivity contribution in [3.05, 3.63) is 33.9 Å².